The standard InChI is InChI=1S/C14H16BrFN4/c1-3-17-13-12(15)14(19-9-18-13)20(2)8-10-6-4-5-7-11(10)16/h4-7,9H,3,8H2,1-2H3,(H,17,18,19). The van der Waals surface area contributed by atoms with Crippen molar-refractivity contribution in [1.82, 2.24) is 9.97 Å². The van der Waals surface area contributed by atoms with Crippen molar-refractivity contribution >= 4 is 27.6 Å². The first-order chi connectivity index (χ1) is 9.63. The van der Waals surface area contributed by atoms with Crippen LogP contribution in [0.1, 0.15) is 12.5 Å². The molecule has 0 spiro atoms. The number of hydrogen-bond acceptors (Lipinski definition) is 4. The van der Waals surface area contributed by atoms with Crippen LogP contribution in [0.2, 0.25) is 0 Å². The van der Waals surface area contributed by atoms with Gasteiger partial charge in [0.2, 0.25) is 0 Å². The predicted molar refractivity (Wildman–Crippen MR) is 82.4 cm³/mol. The summed E-state index contributed by atoms with van der Waals surface area (Å²) in [7, 11) is 1.87. The van der Waals surface area contributed by atoms with Crippen LogP contribution in [0.3, 0.4) is 0 Å². The molecule has 0 unspecified atom stereocenters. The zero-order valence-corrected chi connectivity index (χ0v) is 13.0. The molecule has 1 aromatic heterocycles. The van der Waals surface area contributed by atoms with Crippen LogP contribution in [0.15, 0.2) is 35.1 Å². The minimum atomic E-state index is -0.212. The Hall–Kier alpha value is -1.69. The van der Waals surface area contributed by atoms with Gasteiger partial charge in [-0.05, 0) is 28.9 Å². The number of anilines is 2. The number of nitrogens with one attached hydrogen (secondary N) is 1. The summed E-state index contributed by atoms with van der Waals surface area (Å²) < 4.78 is 14.5. The van der Waals surface area contributed by atoms with Gasteiger partial charge in [0.15, 0.2) is 0 Å². The van der Waals surface area contributed by atoms with Crippen LogP contribution in [0.5, 0.6) is 0 Å². The average Bonchev–Trinajstić information content (AvgIpc) is 2.44. The van der Waals surface area contributed by atoms with E-state index in [0.29, 0.717) is 12.1 Å². The van der Waals surface area contributed by atoms with Crippen LogP contribution in [0, 0.1) is 5.82 Å². The molecule has 106 valence electrons. The van der Waals surface area contributed by atoms with Crippen LogP contribution in [0.4, 0.5) is 16.0 Å². The fourth-order valence-corrected chi connectivity index (χ4v) is 2.52. The molecule has 0 fully saturated rings. The smallest absolute Gasteiger partial charge is 0.148 e. The lowest BCUT2D eigenvalue weighted by atomic mass is 10.2. The van der Waals surface area contributed by atoms with E-state index in [4.69, 9.17) is 0 Å². The molecule has 0 aliphatic heterocycles. The molecule has 0 radical (unpaired) electrons. The van der Waals surface area contributed by atoms with Gasteiger partial charge in [-0.3, -0.25) is 0 Å². The summed E-state index contributed by atoms with van der Waals surface area (Å²) in [6.45, 7) is 3.21. The molecule has 4 nitrogen and oxygen atoms in total. The second-order valence-corrected chi connectivity index (χ2v) is 5.13. The summed E-state index contributed by atoms with van der Waals surface area (Å²) >= 11 is 3.49. The lowest BCUT2D eigenvalue weighted by molar-refractivity contribution is 0.607. The van der Waals surface area contributed by atoms with Crippen molar-refractivity contribution in [3.05, 3.63) is 46.4 Å². The fourth-order valence-electron chi connectivity index (χ4n) is 1.87. The summed E-state index contributed by atoms with van der Waals surface area (Å²) in [6, 6.07) is 6.74. The largest absolute Gasteiger partial charge is 0.369 e. The summed E-state index contributed by atoms with van der Waals surface area (Å²) in [4.78, 5) is 10.3. The van der Waals surface area contributed by atoms with Gasteiger partial charge < -0.3 is 10.2 Å². The molecule has 2 aromatic rings. The van der Waals surface area contributed by atoms with Crippen LogP contribution < -0.4 is 10.2 Å². The van der Waals surface area contributed by atoms with Gasteiger partial charge in [-0.2, -0.15) is 0 Å². The van der Waals surface area contributed by atoms with Crippen LogP contribution in [0.25, 0.3) is 0 Å². The van der Waals surface area contributed by atoms with E-state index in [1.807, 2.05) is 24.9 Å². The number of nitrogens with zero attached hydrogens (tertiary/aromatic N) is 3. The van der Waals surface area contributed by atoms with Gasteiger partial charge in [0, 0.05) is 25.7 Å². The third kappa shape index (κ3) is 3.25. The highest BCUT2D eigenvalue weighted by Gasteiger charge is 2.13. The topological polar surface area (TPSA) is 41.1 Å². The number of aromatic nitrogens is 2. The van der Waals surface area contributed by atoms with Gasteiger partial charge in [-0.15, -0.1) is 0 Å². The molecule has 1 heterocycles. The highest BCUT2D eigenvalue weighted by molar-refractivity contribution is 9.10. The van der Waals surface area contributed by atoms with E-state index < -0.39 is 0 Å². The number of benzene rings is 1. The van der Waals surface area contributed by atoms with E-state index in [0.717, 1.165) is 22.7 Å². The van der Waals surface area contributed by atoms with E-state index in [2.05, 4.69) is 31.2 Å². The molecule has 6 heteroatoms. The van der Waals surface area contributed by atoms with Gasteiger partial charge in [-0.1, -0.05) is 18.2 Å². The van der Waals surface area contributed by atoms with Gasteiger partial charge in [0.1, 0.15) is 28.3 Å². The summed E-state index contributed by atoms with van der Waals surface area (Å²) in [5, 5.41) is 3.15. The van der Waals surface area contributed by atoms with Gasteiger partial charge in [0.25, 0.3) is 0 Å². The van der Waals surface area contributed by atoms with Crippen molar-refractivity contribution in [3.8, 4) is 0 Å². The summed E-state index contributed by atoms with van der Waals surface area (Å²) in [5.41, 5.74) is 0.630. The number of hydrogen-bond donors (Lipinski definition) is 1. The van der Waals surface area contributed by atoms with Gasteiger partial charge >= 0.3 is 0 Å². The minimum absolute atomic E-state index is 0.212. The highest BCUT2D eigenvalue weighted by Crippen LogP contribution is 2.29. The van der Waals surface area contributed by atoms with Crippen LogP contribution in [-0.4, -0.2) is 23.6 Å². The maximum atomic E-state index is 13.7. The lowest BCUT2D eigenvalue weighted by Crippen LogP contribution is -2.19. The Labute approximate surface area is 126 Å². The molecule has 0 aliphatic carbocycles. The molecule has 1 aromatic carbocycles. The Balaban J connectivity index is 2.23. The van der Waals surface area contributed by atoms with E-state index >= 15 is 0 Å². The maximum absolute atomic E-state index is 13.7. The van der Waals surface area contributed by atoms with Crippen molar-refractivity contribution in [3.63, 3.8) is 0 Å². The average molecular weight is 339 g/mol. The first-order valence-electron chi connectivity index (χ1n) is 6.32. The quantitative estimate of drug-likeness (QED) is 0.906. The van der Waals surface area contributed by atoms with Crippen molar-refractivity contribution < 1.29 is 4.39 Å². The molecule has 0 bridgehead atoms. The molecule has 0 saturated heterocycles. The van der Waals surface area contributed by atoms with Gasteiger partial charge in [-0.25, -0.2) is 14.4 Å². The molecule has 0 amide bonds. The summed E-state index contributed by atoms with van der Waals surface area (Å²) in [5.74, 6) is 1.24. The van der Waals surface area contributed by atoms with Crippen molar-refractivity contribution in [2.75, 3.05) is 23.8 Å². The molecule has 0 saturated carbocycles. The third-order valence-electron chi connectivity index (χ3n) is 2.84. The van der Waals surface area contributed by atoms with Gasteiger partial charge in [0.05, 0.1) is 0 Å². The molecule has 20 heavy (non-hydrogen) atoms. The maximum Gasteiger partial charge on any atom is 0.148 e. The Morgan fingerprint density at radius 3 is 2.75 bits per heavy atom. The van der Waals surface area contributed by atoms with E-state index in [-0.39, 0.29) is 5.82 Å². The number of rotatable bonds is 5. The summed E-state index contributed by atoms with van der Waals surface area (Å²) in [6.07, 6.45) is 1.50. The Kier molecular flexibility index (Phi) is 4.89. The lowest BCUT2D eigenvalue weighted by Gasteiger charge is -2.20. The van der Waals surface area contributed by atoms with Crippen molar-refractivity contribution in [2.45, 2.75) is 13.5 Å². The highest BCUT2D eigenvalue weighted by atomic mass is 79.9. The minimum Gasteiger partial charge on any atom is -0.369 e. The normalized spacial score (nSPS) is 10.4. The second kappa shape index (κ2) is 6.65. The fraction of sp³-hybridized carbons (Fsp3) is 0.286. The van der Waals surface area contributed by atoms with E-state index in [1.165, 1.54) is 12.4 Å². The second-order valence-electron chi connectivity index (χ2n) is 4.34. The Morgan fingerprint density at radius 2 is 2.05 bits per heavy atom. The molecular formula is C14H16BrFN4. The van der Waals surface area contributed by atoms with Crippen molar-refractivity contribution in [2.24, 2.45) is 0 Å². The first-order valence-corrected chi connectivity index (χ1v) is 7.11. The SMILES string of the molecule is CCNc1ncnc(N(C)Cc2ccccc2F)c1Br. The predicted octanol–water partition coefficient (Wildman–Crippen LogP) is 3.45. The Morgan fingerprint density at radius 1 is 1.30 bits per heavy atom. The van der Waals surface area contributed by atoms with E-state index in [1.54, 1.807) is 12.1 Å². The van der Waals surface area contributed by atoms with Crippen LogP contribution >= 0.6 is 15.9 Å². The van der Waals surface area contributed by atoms with E-state index in [9.17, 15) is 4.39 Å². The molecule has 2 rings (SSSR count). The third-order valence-corrected chi connectivity index (χ3v) is 3.57. The number of halogens is 2. The zero-order chi connectivity index (χ0) is 14.5. The molecule has 0 atom stereocenters. The molecular weight excluding hydrogens is 323 g/mol. The van der Waals surface area contributed by atoms with Crippen LogP contribution in [-0.2, 0) is 6.54 Å². The Bertz CT molecular complexity index is 591. The zero-order valence-electron chi connectivity index (χ0n) is 11.4. The molecule has 0 aliphatic rings. The monoisotopic (exact) mass is 338 g/mol. The molecule has 1 N–H and O–H groups in total. The first kappa shape index (κ1) is 14.7. The van der Waals surface area contributed by atoms with Crippen molar-refractivity contribution in [1.29, 1.82) is 0 Å².